The van der Waals surface area contributed by atoms with E-state index >= 15 is 0 Å². The maximum atomic E-state index is 6.20. The average molecular weight is 477 g/mol. The first-order chi connectivity index (χ1) is 14.5. The molecule has 0 aliphatic heterocycles. The van der Waals surface area contributed by atoms with Crippen LogP contribution in [0.1, 0.15) is 24.5 Å². The van der Waals surface area contributed by atoms with Crippen molar-refractivity contribution in [3.05, 3.63) is 75.5 Å². The van der Waals surface area contributed by atoms with Gasteiger partial charge in [-0.15, -0.1) is 21.5 Å². The van der Waals surface area contributed by atoms with E-state index in [4.69, 9.17) is 32.9 Å². The Morgan fingerprint density at radius 3 is 2.73 bits per heavy atom. The van der Waals surface area contributed by atoms with E-state index in [1.807, 2.05) is 36.7 Å². The van der Waals surface area contributed by atoms with Crippen LogP contribution in [0.2, 0.25) is 10.0 Å². The van der Waals surface area contributed by atoms with Crippen LogP contribution in [0.15, 0.2) is 59.1 Å². The lowest BCUT2D eigenvalue weighted by molar-refractivity contribution is 0.211. The molecule has 2 aromatic carbocycles. The van der Waals surface area contributed by atoms with E-state index in [1.165, 1.54) is 0 Å². The third kappa shape index (κ3) is 4.81. The number of halogens is 2. The average Bonchev–Trinajstić information content (AvgIpc) is 3.36. The Balaban J connectivity index is 1.42. The summed E-state index contributed by atoms with van der Waals surface area (Å²) in [4.78, 5) is 4.73. The molecule has 5 nitrogen and oxygen atoms in total. The van der Waals surface area contributed by atoms with Gasteiger partial charge in [-0.05, 0) is 19.1 Å². The molecule has 30 heavy (non-hydrogen) atoms. The number of aromatic nitrogens is 4. The number of hydrogen-bond acceptors (Lipinski definition) is 6. The van der Waals surface area contributed by atoms with Crippen molar-refractivity contribution in [3.63, 3.8) is 0 Å². The van der Waals surface area contributed by atoms with Crippen molar-refractivity contribution in [1.82, 2.24) is 19.7 Å². The van der Waals surface area contributed by atoms with E-state index in [-0.39, 0.29) is 6.10 Å². The standard InChI is InChI=1S/C21H18Cl2N4OS2/c1-13(28-18-10-15(22)8-9-17(18)23)19-25-26-21(27(19)2)30-12-16-11-29-20(24-16)14-6-4-3-5-7-14/h3-11,13H,12H2,1-2H3. The number of rotatable bonds is 7. The van der Waals surface area contributed by atoms with Crippen LogP contribution in [0.4, 0.5) is 0 Å². The fourth-order valence-corrected chi connectivity index (χ4v) is 4.91. The highest BCUT2D eigenvalue weighted by atomic mass is 35.5. The smallest absolute Gasteiger partial charge is 0.191 e. The zero-order chi connectivity index (χ0) is 21.1. The van der Waals surface area contributed by atoms with Crippen LogP contribution in [0, 0.1) is 0 Å². The number of thiazole rings is 1. The molecule has 9 heteroatoms. The fourth-order valence-electron chi connectivity index (χ4n) is 2.84. The van der Waals surface area contributed by atoms with Crippen molar-refractivity contribution in [2.24, 2.45) is 7.05 Å². The predicted octanol–water partition coefficient (Wildman–Crippen LogP) is 6.68. The van der Waals surface area contributed by atoms with E-state index in [9.17, 15) is 0 Å². The van der Waals surface area contributed by atoms with Gasteiger partial charge in [0.25, 0.3) is 0 Å². The van der Waals surface area contributed by atoms with E-state index in [2.05, 4.69) is 27.7 Å². The lowest BCUT2D eigenvalue weighted by Crippen LogP contribution is -2.10. The molecule has 0 amide bonds. The molecule has 0 saturated heterocycles. The second-order valence-corrected chi connectivity index (χ2v) is 9.18. The minimum atomic E-state index is -0.336. The molecular weight excluding hydrogens is 459 g/mol. The molecule has 0 bridgehead atoms. The number of ether oxygens (including phenoxy) is 1. The Kier molecular flexibility index (Phi) is 6.63. The topological polar surface area (TPSA) is 52.8 Å². The van der Waals surface area contributed by atoms with Crippen molar-refractivity contribution < 1.29 is 4.74 Å². The van der Waals surface area contributed by atoms with E-state index < -0.39 is 0 Å². The quantitative estimate of drug-likeness (QED) is 0.278. The van der Waals surface area contributed by atoms with Crippen molar-refractivity contribution in [2.45, 2.75) is 23.9 Å². The monoisotopic (exact) mass is 476 g/mol. The second kappa shape index (κ2) is 9.39. The van der Waals surface area contributed by atoms with Crippen molar-refractivity contribution >= 4 is 46.3 Å². The normalized spacial score (nSPS) is 12.1. The van der Waals surface area contributed by atoms with E-state index in [0.717, 1.165) is 21.4 Å². The summed E-state index contributed by atoms with van der Waals surface area (Å²) in [5.74, 6) is 1.94. The molecule has 0 radical (unpaired) electrons. The SMILES string of the molecule is CC(Oc1cc(Cl)ccc1Cl)c1nnc(SCc2csc(-c3ccccc3)n2)n1C. The second-order valence-electron chi connectivity index (χ2n) is 6.53. The molecule has 0 aliphatic carbocycles. The molecule has 1 unspecified atom stereocenters. The van der Waals surface area contributed by atoms with Crippen LogP contribution in [-0.4, -0.2) is 19.7 Å². The molecule has 0 aliphatic rings. The molecule has 0 fully saturated rings. The lowest BCUT2D eigenvalue weighted by Gasteiger charge is -2.15. The van der Waals surface area contributed by atoms with Gasteiger partial charge in [0.05, 0.1) is 10.7 Å². The van der Waals surface area contributed by atoms with Gasteiger partial charge < -0.3 is 9.30 Å². The van der Waals surface area contributed by atoms with Gasteiger partial charge in [0.15, 0.2) is 17.1 Å². The van der Waals surface area contributed by atoms with Crippen LogP contribution < -0.4 is 4.74 Å². The number of hydrogen-bond donors (Lipinski definition) is 0. The Morgan fingerprint density at radius 1 is 1.13 bits per heavy atom. The van der Waals surface area contributed by atoms with Crippen LogP contribution in [0.25, 0.3) is 10.6 Å². The Bertz CT molecular complexity index is 1150. The van der Waals surface area contributed by atoms with Gasteiger partial charge in [-0.3, -0.25) is 0 Å². The van der Waals surface area contributed by atoms with Crippen LogP contribution >= 0.6 is 46.3 Å². The third-order valence-electron chi connectivity index (χ3n) is 4.35. The number of benzene rings is 2. The van der Waals surface area contributed by atoms with E-state index in [1.54, 1.807) is 41.3 Å². The van der Waals surface area contributed by atoms with Gasteiger partial charge in [-0.2, -0.15) is 0 Å². The summed E-state index contributed by atoms with van der Waals surface area (Å²) in [6, 6.07) is 15.3. The fraction of sp³-hybridized carbons (Fsp3) is 0.190. The van der Waals surface area contributed by atoms with Gasteiger partial charge >= 0.3 is 0 Å². The van der Waals surface area contributed by atoms with Gasteiger partial charge in [-0.25, -0.2) is 4.98 Å². The Labute approximate surface area is 193 Å². The minimum Gasteiger partial charge on any atom is -0.481 e. The molecule has 0 N–H and O–H groups in total. The van der Waals surface area contributed by atoms with Gasteiger partial charge in [-0.1, -0.05) is 65.3 Å². The molecule has 1 atom stereocenters. The zero-order valence-electron chi connectivity index (χ0n) is 16.3. The summed E-state index contributed by atoms with van der Waals surface area (Å²) < 4.78 is 7.89. The highest BCUT2D eigenvalue weighted by Gasteiger charge is 2.19. The van der Waals surface area contributed by atoms with Crippen LogP contribution in [0.3, 0.4) is 0 Å². The molecule has 4 aromatic rings. The summed E-state index contributed by atoms with van der Waals surface area (Å²) in [6.07, 6.45) is -0.336. The maximum Gasteiger partial charge on any atom is 0.191 e. The summed E-state index contributed by atoms with van der Waals surface area (Å²) in [6.45, 7) is 1.91. The first-order valence-corrected chi connectivity index (χ1v) is 11.8. The summed E-state index contributed by atoms with van der Waals surface area (Å²) in [7, 11) is 1.92. The van der Waals surface area contributed by atoms with Gasteiger partial charge in [0.1, 0.15) is 10.8 Å². The molecule has 154 valence electrons. The molecule has 0 spiro atoms. The molecule has 2 aromatic heterocycles. The lowest BCUT2D eigenvalue weighted by atomic mass is 10.2. The van der Waals surface area contributed by atoms with Gasteiger partial charge in [0, 0.05) is 34.8 Å². The molecule has 0 saturated carbocycles. The van der Waals surface area contributed by atoms with Crippen LogP contribution in [0.5, 0.6) is 5.75 Å². The minimum absolute atomic E-state index is 0.336. The highest BCUT2D eigenvalue weighted by Crippen LogP contribution is 2.32. The summed E-state index contributed by atoms with van der Waals surface area (Å²) >= 11 is 15.5. The van der Waals surface area contributed by atoms with Crippen molar-refractivity contribution in [3.8, 4) is 16.3 Å². The van der Waals surface area contributed by atoms with E-state index in [0.29, 0.717) is 27.4 Å². The Morgan fingerprint density at radius 2 is 1.93 bits per heavy atom. The maximum absolute atomic E-state index is 6.20. The summed E-state index contributed by atoms with van der Waals surface area (Å²) in [5, 5.41) is 13.6. The molecular formula is C21H18Cl2N4OS2. The van der Waals surface area contributed by atoms with Crippen molar-refractivity contribution in [2.75, 3.05) is 0 Å². The highest BCUT2D eigenvalue weighted by molar-refractivity contribution is 7.98. The molecule has 2 heterocycles. The first-order valence-electron chi connectivity index (χ1n) is 9.15. The largest absolute Gasteiger partial charge is 0.481 e. The number of thioether (sulfide) groups is 1. The zero-order valence-corrected chi connectivity index (χ0v) is 19.4. The summed E-state index contributed by atoms with van der Waals surface area (Å²) in [5.41, 5.74) is 2.15. The van der Waals surface area contributed by atoms with Crippen LogP contribution in [-0.2, 0) is 12.8 Å². The first kappa shape index (κ1) is 21.2. The van der Waals surface area contributed by atoms with Crippen molar-refractivity contribution in [1.29, 1.82) is 0 Å². The van der Waals surface area contributed by atoms with Gasteiger partial charge in [0.2, 0.25) is 0 Å². The molecule has 4 rings (SSSR count). The third-order valence-corrected chi connectivity index (χ3v) is 6.89. The Hall–Kier alpha value is -2.06. The predicted molar refractivity (Wildman–Crippen MR) is 124 cm³/mol. The number of nitrogens with zero attached hydrogens (tertiary/aromatic N) is 4.